The number of hydrogen-bond acceptors (Lipinski definition) is 3. The summed E-state index contributed by atoms with van der Waals surface area (Å²) in [5, 5.41) is 11.2. The summed E-state index contributed by atoms with van der Waals surface area (Å²) in [4.78, 5) is 34.6. The van der Waals surface area contributed by atoms with Crippen LogP contribution in [0.15, 0.2) is 11.8 Å². The first-order valence-corrected chi connectivity index (χ1v) is 7.08. The maximum absolute atomic E-state index is 11.8. The molecule has 112 valence electrons. The van der Waals surface area contributed by atoms with Gasteiger partial charge in [0.25, 0.3) is 5.91 Å². The molecule has 1 aliphatic carbocycles. The molecule has 1 aliphatic rings. The number of carbonyl (C=O) groups excluding carboxylic acids is 2. The summed E-state index contributed by atoms with van der Waals surface area (Å²) in [6.45, 7) is 5.89. The Morgan fingerprint density at radius 2 is 1.90 bits per heavy atom. The molecule has 0 bridgehead atoms. The van der Waals surface area contributed by atoms with Crippen molar-refractivity contribution in [2.75, 3.05) is 0 Å². The number of allylic oxidation sites excluding steroid dienone is 1. The highest BCUT2D eigenvalue weighted by molar-refractivity contribution is 6.38. The van der Waals surface area contributed by atoms with E-state index < -0.39 is 17.7 Å². The minimum Gasteiger partial charge on any atom is -0.477 e. The van der Waals surface area contributed by atoms with Gasteiger partial charge in [-0.1, -0.05) is 39.7 Å². The van der Waals surface area contributed by atoms with Gasteiger partial charge in [-0.15, -0.1) is 0 Å². The lowest BCUT2D eigenvalue weighted by Gasteiger charge is -2.06. The Balaban J connectivity index is 2.55. The van der Waals surface area contributed by atoms with Crippen molar-refractivity contribution in [2.45, 2.75) is 52.9 Å². The van der Waals surface area contributed by atoms with Gasteiger partial charge in [0.05, 0.1) is 0 Å². The molecule has 0 aromatic rings. The molecule has 5 nitrogen and oxygen atoms in total. The molecule has 1 rings (SSSR count). The number of ketones is 1. The summed E-state index contributed by atoms with van der Waals surface area (Å²) in [5.41, 5.74) is -0.333. The third kappa shape index (κ3) is 4.47. The predicted molar refractivity (Wildman–Crippen MR) is 74.9 cm³/mol. The van der Waals surface area contributed by atoms with Gasteiger partial charge in [0.15, 0.2) is 0 Å². The Labute approximate surface area is 119 Å². The topological polar surface area (TPSA) is 83.5 Å². The molecule has 0 spiro atoms. The van der Waals surface area contributed by atoms with E-state index in [-0.39, 0.29) is 17.0 Å². The minimum absolute atomic E-state index is 0.136. The van der Waals surface area contributed by atoms with Crippen molar-refractivity contribution in [3.8, 4) is 0 Å². The Bertz CT molecular complexity index is 437. The Morgan fingerprint density at radius 3 is 2.35 bits per heavy atom. The molecule has 0 aromatic heterocycles. The van der Waals surface area contributed by atoms with Crippen LogP contribution in [-0.4, -0.2) is 22.8 Å². The number of carbonyl (C=O) groups is 3. The van der Waals surface area contributed by atoms with Gasteiger partial charge in [-0.25, -0.2) is 4.79 Å². The lowest BCUT2D eigenvalue weighted by atomic mass is 10.1. The van der Waals surface area contributed by atoms with Gasteiger partial charge in [-0.05, 0) is 24.7 Å². The Morgan fingerprint density at radius 1 is 1.30 bits per heavy atom. The first-order valence-electron chi connectivity index (χ1n) is 7.08. The van der Waals surface area contributed by atoms with Gasteiger partial charge >= 0.3 is 5.97 Å². The van der Waals surface area contributed by atoms with E-state index in [1.807, 2.05) is 13.8 Å². The van der Waals surface area contributed by atoms with Crippen molar-refractivity contribution >= 4 is 17.7 Å². The summed E-state index contributed by atoms with van der Waals surface area (Å²) in [6, 6.07) is 0. The molecule has 2 N–H and O–H groups in total. The fraction of sp³-hybridized carbons (Fsp3) is 0.667. The second-order valence-corrected chi connectivity index (χ2v) is 5.98. The van der Waals surface area contributed by atoms with Crippen molar-refractivity contribution in [1.82, 2.24) is 5.32 Å². The molecule has 0 aliphatic heterocycles. The fourth-order valence-electron chi connectivity index (χ4n) is 2.09. The van der Waals surface area contributed by atoms with Crippen LogP contribution in [0.4, 0.5) is 0 Å². The number of unbranched alkanes of at least 4 members (excludes halogenated alkanes) is 3. The molecule has 0 radical (unpaired) electrons. The third-order valence-electron chi connectivity index (χ3n) is 3.69. The molecule has 1 saturated carbocycles. The van der Waals surface area contributed by atoms with E-state index in [0.717, 1.165) is 19.3 Å². The molecule has 1 fully saturated rings. The van der Waals surface area contributed by atoms with E-state index in [1.54, 1.807) is 0 Å². The quantitative estimate of drug-likeness (QED) is 0.406. The van der Waals surface area contributed by atoms with Crippen molar-refractivity contribution < 1.29 is 19.5 Å². The SMILES string of the molecule is CCCCC/C=C(/NC(=O)C(=O)C1CC1(C)C)C(=O)O. The van der Waals surface area contributed by atoms with Crippen LogP contribution in [0.1, 0.15) is 52.9 Å². The smallest absolute Gasteiger partial charge is 0.352 e. The summed E-state index contributed by atoms with van der Waals surface area (Å²) in [6.07, 6.45) is 5.65. The molecular weight excluding hydrogens is 258 g/mol. The van der Waals surface area contributed by atoms with E-state index in [9.17, 15) is 14.4 Å². The number of carboxylic acid groups (broad SMARTS) is 1. The van der Waals surface area contributed by atoms with E-state index in [1.165, 1.54) is 6.08 Å². The highest BCUT2D eigenvalue weighted by atomic mass is 16.4. The van der Waals surface area contributed by atoms with E-state index >= 15 is 0 Å². The predicted octanol–water partition coefficient (Wildman–Crippen LogP) is 2.27. The van der Waals surface area contributed by atoms with E-state index in [4.69, 9.17) is 5.11 Å². The van der Waals surface area contributed by atoms with Crippen LogP contribution in [0.2, 0.25) is 0 Å². The lowest BCUT2D eigenvalue weighted by Crippen LogP contribution is -2.35. The molecule has 20 heavy (non-hydrogen) atoms. The standard InChI is InChI=1S/C15H23NO4/c1-4-5-6-7-8-11(14(19)20)16-13(18)12(17)10-9-15(10,2)3/h8,10H,4-7,9H2,1-3H3,(H,16,18)(H,19,20)/b11-8+. The average Bonchev–Trinajstić information content (AvgIpc) is 3.00. The molecule has 0 heterocycles. The second kappa shape index (κ2) is 6.68. The summed E-state index contributed by atoms with van der Waals surface area (Å²) in [7, 11) is 0. The zero-order valence-corrected chi connectivity index (χ0v) is 12.4. The van der Waals surface area contributed by atoms with Crippen LogP contribution in [0.25, 0.3) is 0 Å². The Kier molecular flexibility index (Phi) is 5.48. The maximum atomic E-state index is 11.8. The first-order chi connectivity index (χ1) is 9.29. The molecule has 5 heteroatoms. The molecular formula is C15H23NO4. The summed E-state index contributed by atoms with van der Waals surface area (Å²) >= 11 is 0. The van der Waals surface area contributed by atoms with E-state index in [2.05, 4.69) is 12.2 Å². The van der Waals surface area contributed by atoms with E-state index in [0.29, 0.717) is 12.8 Å². The highest BCUT2D eigenvalue weighted by Gasteiger charge is 2.52. The van der Waals surface area contributed by atoms with Crippen molar-refractivity contribution in [3.63, 3.8) is 0 Å². The fourth-order valence-corrected chi connectivity index (χ4v) is 2.09. The number of rotatable bonds is 8. The lowest BCUT2D eigenvalue weighted by molar-refractivity contribution is -0.140. The minimum atomic E-state index is -1.21. The summed E-state index contributed by atoms with van der Waals surface area (Å²) < 4.78 is 0. The van der Waals surface area contributed by atoms with Gasteiger partial charge in [0.1, 0.15) is 5.70 Å². The van der Waals surface area contributed by atoms with Crippen LogP contribution >= 0.6 is 0 Å². The van der Waals surface area contributed by atoms with Crippen LogP contribution < -0.4 is 5.32 Å². The largest absolute Gasteiger partial charge is 0.477 e. The summed E-state index contributed by atoms with van der Waals surface area (Å²) in [5.74, 6) is -2.82. The Hall–Kier alpha value is -1.65. The normalized spacial score (nSPS) is 20.4. The number of amides is 1. The maximum Gasteiger partial charge on any atom is 0.352 e. The highest BCUT2D eigenvalue weighted by Crippen LogP contribution is 2.52. The monoisotopic (exact) mass is 281 g/mol. The van der Waals surface area contributed by atoms with Crippen LogP contribution in [0, 0.1) is 11.3 Å². The number of Topliss-reactive ketones (excluding diaryl/α,β-unsaturated/α-hetero) is 1. The number of nitrogens with one attached hydrogen (secondary N) is 1. The average molecular weight is 281 g/mol. The van der Waals surface area contributed by atoms with Crippen LogP contribution in [0.5, 0.6) is 0 Å². The third-order valence-corrected chi connectivity index (χ3v) is 3.69. The van der Waals surface area contributed by atoms with Crippen LogP contribution in [0.3, 0.4) is 0 Å². The number of hydrogen-bond donors (Lipinski definition) is 2. The molecule has 1 unspecified atom stereocenters. The molecule has 0 aromatic carbocycles. The van der Waals surface area contributed by atoms with Crippen molar-refractivity contribution in [1.29, 1.82) is 0 Å². The zero-order valence-electron chi connectivity index (χ0n) is 12.4. The van der Waals surface area contributed by atoms with Gasteiger partial charge in [0.2, 0.25) is 5.78 Å². The van der Waals surface area contributed by atoms with Gasteiger partial charge < -0.3 is 10.4 Å². The van der Waals surface area contributed by atoms with Crippen molar-refractivity contribution in [2.24, 2.45) is 11.3 Å². The number of aliphatic carboxylic acids is 1. The van der Waals surface area contributed by atoms with Crippen molar-refractivity contribution in [3.05, 3.63) is 11.8 Å². The molecule has 0 saturated heterocycles. The van der Waals surface area contributed by atoms with Gasteiger partial charge in [-0.3, -0.25) is 9.59 Å². The number of carboxylic acids is 1. The van der Waals surface area contributed by atoms with Crippen LogP contribution in [-0.2, 0) is 14.4 Å². The zero-order chi connectivity index (χ0) is 15.3. The van der Waals surface area contributed by atoms with Gasteiger partial charge in [-0.2, -0.15) is 0 Å². The molecule has 1 amide bonds. The second-order valence-electron chi connectivity index (χ2n) is 5.98. The first kappa shape index (κ1) is 16.4. The van der Waals surface area contributed by atoms with Gasteiger partial charge in [0, 0.05) is 5.92 Å². The molecule has 1 atom stereocenters.